The van der Waals surface area contributed by atoms with Crippen LogP contribution in [0.5, 0.6) is 0 Å². The maximum Gasteiger partial charge on any atom is 0.362 e. The van der Waals surface area contributed by atoms with Crippen molar-refractivity contribution >= 4 is 17.9 Å². The Labute approximate surface area is 213 Å². The molecule has 0 aromatic heterocycles. The van der Waals surface area contributed by atoms with Gasteiger partial charge in [-0.15, -0.1) is 0 Å². The summed E-state index contributed by atoms with van der Waals surface area (Å²) in [4.78, 5) is 37.3. The zero-order valence-electron chi connectivity index (χ0n) is 22.7. The zero-order chi connectivity index (χ0) is 26.7. The number of hydrogen-bond donors (Lipinski definition) is 2. The van der Waals surface area contributed by atoms with Crippen LogP contribution in [0, 0.1) is 0 Å². The SMILES string of the molecule is CCCCCCCCCC/C=C/C[N+](C(CCC)C(=O)[O-])(C(CCC)C(=O)O)C(CCC)C(=O)O. The first kappa shape index (κ1) is 33.1. The van der Waals surface area contributed by atoms with E-state index < -0.39 is 40.5 Å². The standard InChI is InChI=1S/C28H51NO6/c1-5-9-10-11-12-13-14-15-16-17-18-22-29(23(19-6-2)26(30)31,24(20-7-3)27(32)33)25(21-8-4)28(34)35/h17-18,23-25H,5-16,19-22H2,1-4H3,(H2-,30,31,32,33,34,35)/b18-17+. The molecule has 0 heterocycles. The van der Waals surface area contributed by atoms with Crippen molar-refractivity contribution in [2.45, 2.75) is 142 Å². The van der Waals surface area contributed by atoms with E-state index in [-0.39, 0.29) is 25.8 Å². The number of carboxylic acids is 3. The van der Waals surface area contributed by atoms with E-state index in [4.69, 9.17) is 0 Å². The molecule has 204 valence electrons. The first-order chi connectivity index (χ1) is 16.7. The number of nitrogens with zero attached hydrogens (tertiary/aromatic N) is 1. The Kier molecular flexibility index (Phi) is 18.3. The number of unbranched alkanes of at least 4 members (excludes halogenated alkanes) is 8. The van der Waals surface area contributed by atoms with Crippen molar-refractivity contribution in [1.82, 2.24) is 0 Å². The molecular weight excluding hydrogens is 446 g/mol. The second-order valence-corrected chi connectivity index (χ2v) is 9.82. The lowest BCUT2D eigenvalue weighted by Gasteiger charge is -2.51. The minimum atomic E-state index is -1.37. The van der Waals surface area contributed by atoms with Gasteiger partial charge in [0.05, 0.1) is 12.5 Å². The molecule has 0 fully saturated rings. The molecule has 7 heteroatoms. The lowest BCUT2D eigenvalue weighted by molar-refractivity contribution is -0.970. The Morgan fingerprint density at radius 2 is 1.09 bits per heavy atom. The Morgan fingerprint density at radius 3 is 1.49 bits per heavy atom. The van der Waals surface area contributed by atoms with Crippen LogP contribution >= 0.6 is 0 Å². The first-order valence-corrected chi connectivity index (χ1v) is 13.9. The van der Waals surface area contributed by atoms with E-state index in [9.17, 15) is 29.7 Å². The molecule has 0 aliphatic rings. The number of carbonyl (C=O) groups is 3. The molecule has 0 bridgehead atoms. The fraction of sp³-hybridized carbons (Fsp3) is 0.821. The van der Waals surface area contributed by atoms with Gasteiger partial charge in [0.25, 0.3) is 0 Å². The van der Waals surface area contributed by atoms with Crippen LogP contribution in [-0.4, -0.2) is 57.3 Å². The van der Waals surface area contributed by atoms with Crippen LogP contribution in [0.4, 0.5) is 0 Å². The Morgan fingerprint density at radius 1 is 0.657 bits per heavy atom. The highest BCUT2D eigenvalue weighted by molar-refractivity contribution is 5.77. The van der Waals surface area contributed by atoms with Crippen molar-refractivity contribution in [3.8, 4) is 0 Å². The number of quaternary nitrogens is 1. The summed E-state index contributed by atoms with van der Waals surface area (Å²) in [7, 11) is 0. The molecular formula is C28H51NO6. The molecule has 3 atom stereocenters. The maximum atomic E-state index is 12.5. The summed E-state index contributed by atoms with van der Waals surface area (Å²) in [5.74, 6) is -3.66. The Balaban J connectivity index is 5.86. The highest BCUT2D eigenvalue weighted by Gasteiger charge is 2.54. The second-order valence-electron chi connectivity index (χ2n) is 9.82. The zero-order valence-corrected chi connectivity index (χ0v) is 22.7. The molecule has 0 aliphatic carbocycles. The summed E-state index contributed by atoms with van der Waals surface area (Å²) >= 11 is 0. The monoisotopic (exact) mass is 497 g/mol. The minimum absolute atomic E-state index is 0.0591. The van der Waals surface area contributed by atoms with Crippen LogP contribution in [0.15, 0.2) is 12.2 Å². The van der Waals surface area contributed by atoms with Crippen LogP contribution in [0.3, 0.4) is 0 Å². The van der Waals surface area contributed by atoms with Crippen molar-refractivity contribution in [2.24, 2.45) is 0 Å². The van der Waals surface area contributed by atoms with Gasteiger partial charge in [0.1, 0.15) is 6.04 Å². The predicted octanol–water partition coefficient (Wildman–Crippen LogP) is 5.32. The second kappa shape index (κ2) is 19.3. The summed E-state index contributed by atoms with van der Waals surface area (Å²) in [5, 5.41) is 32.7. The Bertz CT molecular complexity index is 573. The highest BCUT2D eigenvalue weighted by atomic mass is 16.4. The van der Waals surface area contributed by atoms with Gasteiger partial charge in [0.2, 0.25) is 0 Å². The van der Waals surface area contributed by atoms with E-state index in [1.807, 2.05) is 32.9 Å². The number of allylic oxidation sites excluding steroid dienone is 1. The summed E-state index contributed by atoms with van der Waals surface area (Å²) in [6, 6.07) is -3.46. The molecule has 0 radical (unpaired) electrons. The molecule has 0 saturated carbocycles. The molecule has 0 aliphatic heterocycles. The fourth-order valence-electron chi connectivity index (χ4n) is 5.32. The molecule has 0 aromatic carbocycles. The smallest absolute Gasteiger partial charge is 0.362 e. The molecule has 0 saturated heterocycles. The van der Waals surface area contributed by atoms with Crippen molar-refractivity contribution in [3.63, 3.8) is 0 Å². The number of rotatable bonds is 23. The lowest BCUT2D eigenvalue weighted by atomic mass is 9.92. The molecule has 0 amide bonds. The normalized spacial score (nSPS) is 16.0. The van der Waals surface area contributed by atoms with Crippen molar-refractivity contribution in [2.75, 3.05) is 6.54 Å². The third kappa shape index (κ3) is 11.1. The number of hydrogen-bond acceptors (Lipinski definition) is 4. The van der Waals surface area contributed by atoms with Crippen molar-refractivity contribution in [3.05, 3.63) is 12.2 Å². The quantitative estimate of drug-likeness (QED) is 0.112. The summed E-state index contributed by atoms with van der Waals surface area (Å²) in [5.41, 5.74) is 0. The predicted molar refractivity (Wildman–Crippen MR) is 138 cm³/mol. The number of carboxylic acid groups (broad SMARTS) is 3. The summed E-state index contributed by atoms with van der Waals surface area (Å²) in [6.45, 7) is 7.77. The van der Waals surface area contributed by atoms with Crippen LogP contribution in [0.1, 0.15) is 124 Å². The van der Waals surface area contributed by atoms with E-state index in [0.717, 1.165) is 19.3 Å². The molecule has 3 unspecified atom stereocenters. The third-order valence-electron chi connectivity index (χ3n) is 7.08. The molecule has 7 nitrogen and oxygen atoms in total. The van der Waals surface area contributed by atoms with Gasteiger partial charge in [-0.1, -0.05) is 85.1 Å². The van der Waals surface area contributed by atoms with E-state index in [2.05, 4.69) is 6.92 Å². The first-order valence-electron chi connectivity index (χ1n) is 13.9. The fourth-order valence-corrected chi connectivity index (χ4v) is 5.32. The van der Waals surface area contributed by atoms with E-state index >= 15 is 0 Å². The van der Waals surface area contributed by atoms with Gasteiger partial charge in [0, 0.05) is 19.3 Å². The van der Waals surface area contributed by atoms with Crippen molar-refractivity contribution < 1.29 is 34.2 Å². The summed E-state index contributed by atoms with van der Waals surface area (Å²) in [6.07, 6.45) is 16.4. The van der Waals surface area contributed by atoms with Crippen LogP contribution < -0.4 is 5.11 Å². The topological polar surface area (TPSA) is 115 Å². The Hall–Kier alpha value is -1.89. The molecule has 0 rings (SSSR count). The largest absolute Gasteiger partial charge is 0.544 e. The van der Waals surface area contributed by atoms with Crippen LogP contribution in [-0.2, 0) is 14.4 Å². The van der Waals surface area contributed by atoms with Gasteiger partial charge in [0.15, 0.2) is 12.1 Å². The molecule has 0 aromatic rings. The van der Waals surface area contributed by atoms with Gasteiger partial charge in [-0.2, -0.15) is 0 Å². The van der Waals surface area contributed by atoms with Gasteiger partial charge in [-0.05, 0) is 31.8 Å². The van der Waals surface area contributed by atoms with Crippen LogP contribution in [0.25, 0.3) is 0 Å². The maximum absolute atomic E-state index is 12.5. The van der Waals surface area contributed by atoms with Crippen LogP contribution in [0.2, 0.25) is 0 Å². The van der Waals surface area contributed by atoms with E-state index in [1.165, 1.54) is 38.5 Å². The van der Waals surface area contributed by atoms with E-state index in [1.54, 1.807) is 0 Å². The van der Waals surface area contributed by atoms with Gasteiger partial charge in [-0.25, -0.2) is 9.59 Å². The van der Waals surface area contributed by atoms with Gasteiger partial charge < -0.3 is 20.1 Å². The molecule has 2 N–H and O–H groups in total. The van der Waals surface area contributed by atoms with E-state index in [0.29, 0.717) is 19.3 Å². The number of aliphatic carboxylic acids is 3. The molecule has 0 spiro atoms. The van der Waals surface area contributed by atoms with Gasteiger partial charge >= 0.3 is 11.9 Å². The van der Waals surface area contributed by atoms with Gasteiger partial charge in [-0.3, -0.25) is 4.48 Å². The third-order valence-corrected chi connectivity index (χ3v) is 7.08. The highest BCUT2D eigenvalue weighted by Crippen LogP contribution is 2.33. The lowest BCUT2D eigenvalue weighted by Crippen LogP contribution is -2.73. The average molecular weight is 498 g/mol. The van der Waals surface area contributed by atoms with Crippen molar-refractivity contribution in [1.29, 1.82) is 0 Å². The number of carbonyl (C=O) groups excluding carboxylic acids is 1. The summed E-state index contributed by atoms with van der Waals surface area (Å²) < 4.78 is -0.517. The average Bonchev–Trinajstić information content (AvgIpc) is 2.81. The minimum Gasteiger partial charge on any atom is -0.544 e. The molecule has 35 heavy (non-hydrogen) atoms.